The van der Waals surface area contributed by atoms with Crippen LogP contribution in [0.25, 0.3) is 0 Å². The van der Waals surface area contributed by atoms with Crippen LogP contribution in [0, 0.1) is 5.82 Å². The van der Waals surface area contributed by atoms with Crippen LogP contribution in [0.3, 0.4) is 0 Å². The van der Waals surface area contributed by atoms with E-state index in [-0.39, 0.29) is 11.4 Å². The summed E-state index contributed by atoms with van der Waals surface area (Å²) in [4.78, 5) is 2.47. The molecular weight excluding hydrogens is 227 g/mol. The van der Waals surface area contributed by atoms with E-state index in [2.05, 4.69) is 11.8 Å². The number of nitrogens with two attached hydrogens (primary N) is 1. The molecule has 0 radical (unpaired) electrons. The van der Waals surface area contributed by atoms with Crippen LogP contribution >= 0.6 is 0 Å². The summed E-state index contributed by atoms with van der Waals surface area (Å²) in [5.74, 6) is -0.170. The summed E-state index contributed by atoms with van der Waals surface area (Å²) in [7, 11) is 0. The molecule has 0 heterocycles. The van der Waals surface area contributed by atoms with Crippen molar-refractivity contribution in [3.63, 3.8) is 0 Å². The normalized spacial score (nSPS) is 18.4. The predicted octanol–water partition coefficient (Wildman–Crippen LogP) is 2.92. The average Bonchev–Trinajstić information content (AvgIpc) is 2.88. The lowest BCUT2D eigenvalue weighted by Gasteiger charge is -2.40. The third-order valence-electron chi connectivity index (χ3n) is 4.25. The van der Waals surface area contributed by atoms with Crippen LogP contribution in [0.4, 0.5) is 4.39 Å². The van der Waals surface area contributed by atoms with Crippen molar-refractivity contribution >= 4 is 0 Å². The van der Waals surface area contributed by atoms with E-state index in [0.717, 1.165) is 25.2 Å². The Morgan fingerprint density at radius 2 is 1.83 bits per heavy atom. The molecule has 1 aromatic rings. The zero-order valence-electron chi connectivity index (χ0n) is 11.2. The largest absolute Gasteiger partial charge is 0.329 e. The van der Waals surface area contributed by atoms with E-state index in [1.54, 1.807) is 0 Å². The van der Waals surface area contributed by atoms with E-state index in [1.165, 1.54) is 37.8 Å². The lowest BCUT2D eigenvalue weighted by atomic mass is 9.94. The molecule has 0 saturated heterocycles. The molecule has 18 heavy (non-hydrogen) atoms. The highest BCUT2D eigenvalue weighted by molar-refractivity contribution is 5.16. The van der Waals surface area contributed by atoms with Gasteiger partial charge in [-0.2, -0.15) is 0 Å². The second-order valence-electron chi connectivity index (χ2n) is 5.28. The number of hydrogen-bond acceptors (Lipinski definition) is 2. The lowest BCUT2D eigenvalue weighted by molar-refractivity contribution is 0.0971. The first kappa shape index (κ1) is 13.5. The van der Waals surface area contributed by atoms with Gasteiger partial charge in [0.1, 0.15) is 5.82 Å². The molecule has 0 spiro atoms. The standard InChI is InChI=1S/C15H23FN2/c1-2-18(15(12-17)9-3-4-10-15)11-13-5-7-14(16)8-6-13/h5-8H,2-4,9-12,17H2,1H3. The smallest absolute Gasteiger partial charge is 0.123 e. The Morgan fingerprint density at radius 1 is 1.22 bits per heavy atom. The summed E-state index contributed by atoms with van der Waals surface area (Å²) < 4.78 is 12.9. The molecule has 0 aromatic heterocycles. The number of nitrogens with zero attached hydrogens (tertiary/aromatic N) is 1. The average molecular weight is 250 g/mol. The molecule has 0 unspecified atom stereocenters. The third kappa shape index (κ3) is 2.73. The Morgan fingerprint density at radius 3 is 2.33 bits per heavy atom. The predicted molar refractivity (Wildman–Crippen MR) is 72.7 cm³/mol. The minimum absolute atomic E-state index is 0.170. The Labute approximate surface area is 109 Å². The van der Waals surface area contributed by atoms with E-state index in [0.29, 0.717) is 0 Å². The van der Waals surface area contributed by atoms with E-state index >= 15 is 0 Å². The maximum absolute atomic E-state index is 12.9. The number of likely N-dealkylation sites (N-methyl/N-ethyl adjacent to an activating group) is 1. The van der Waals surface area contributed by atoms with Crippen LogP contribution in [-0.2, 0) is 6.54 Å². The third-order valence-corrected chi connectivity index (χ3v) is 4.25. The Balaban J connectivity index is 2.11. The molecule has 0 amide bonds. The molecule has 0 atom stereocenters. The monoisotopic (exact) mass is 250 g/mol. The fourth-order valence-corrected chi connectivity index (χ4v) is 3.11. The van der Waals surface area contributed by atoms with Gasteiger partial charge >= 0.3 is 0 Å². The second-order valence-corrected chi connectivity index (χ2v) is 5.28. The van der Waals surface area contributed by atoms with Gasteiger partial charge in [-0.25, -0.2) is 4.39 Å². The minimum atomic E-state index is -0.170. The summed E-state index contributed by atoms with van der Waals surface area (Å²) in [6.07, 6.45) is 4.94. The van der Waals surface area contributed by atoms with Gasteiger partial charge in [-0.3, -0.25) is 4.90 Å². The number of halogens is 1. The topological polar surface area (TPSA) is 29.3 Å². The fraction of sp³-hybridized carbons (Fsp3) is 0.600. The van der Waals surface area contributed by atoms with Crippen molar-refractivity contribution in [2.24, 2.45) is 5.73 Å². The number of rotatable bonds is 5. The quantitative estimate of drug-likeness (QED) is 0.870. The summed E-state index contributed by atoms with van der Waals surface area (Å²) in [6.45, 7) is 4.77. The highest BCUT2D eigenvalue weighted by Gasteiger charge is 2.37. The molecule has 1 fully saturated rings. The van der Waals surface area contributed by atoms with E-state index in [9.17, 15) is 4.39 Å². The Hall–Kier alpha value is -0.930. The first-order valence-electron chi connectivity index (χ1n) is 6.90. The van der Waals surface area contributed by atoms with Gasteiger partial charge in [-0.1, -0.05) is 31.9 Å². The second kappa shape index (κ2) is 5.81. The van der Waals surface area contributed by atoms with Crippen molar-refractivity contribution in [3.8, 4) is 0 Å². The van der Waals surface area contributed by atoms with Crippen LogP contribution in [0.2, 0.25) is 0 Å². The molecule has 3 heteroatoms. The molecule has 1 aromatic carbocycles. The van der Waals surface area contributed by atoms with Gasteiger partial charge in [0.25, 0.3) is 0 Å². The zero-order chi connectivity index (χ0) is 13.0. The number of hydrogen-bond donors (Lipinski definition) is 1. The van der Waals surface area contributed by atoms with Crippen molar-refractivity contribution in [1.82, 2.24) is 4.90 Å². The van der Waals surface area contributed by atoms with Crippen LogP contribution in [0.15, 0.2) is 24.3 Å². The first-order chi connectivity index (χ1) is 8.70. The van der Waals surface area contributed by atoms with Gasteiger partial charge in [0.2, 0.25) is 0 Å². The summed E-state index contributed by atoms with van der Waals surface area (Å²) in [5, 5.41) is 0. The Bertz CT molecular complexity index is 369. The highest BCUT2D eigenvalue weighted by Crippen LogP contribution is 2.35. The van der Waals surface area contributed by atoms with E-state index < -0.39 is 0 Å². The van der Waals surface area contributed by atoms with Crippen molar-refractivity contribution in [3.05, 3.63) is 35.6 Å². The van der Waals surface area contributed by atoms with Gasteiger partial charge in [0, 0.05) is 18.6 Å². The van der Waals surface area contributed by atoms with Crippen molar-refractivity contribution < 1.29 is 4.39 Å². The summed E-state index contributed by atoms with van der Waals surface area (Å²) in [6, 6.07) is 6.81. The highest BCUT2D eigenvalue weighted by atomic mass is 19.1. The first-order valence-corrected chi connectivity index (χ1v) is 6.90. The zero-order valence-corrected chi connectivity index (χ0v) is 11.2. The van der Waals surface area contributed by atoms with Crippen LogP contribution in [0.1, 0.15) is 38.2 Å². The van der Waals surface area contributed by atoms with Gasteiger partial charge in [0.05, 0.1) is 0 Å². The van der Waals surface area contributed by atoms with Crippen molar-refractivity contribution in [2.45, 2.75) is 44.7 Å². The molecule has 2 nitrogen and oxygen atoms in total. The van der Waals surface area contributed by atoms with E-state index in [1.807, 2.05) is 12.1 Å². The van der Waals surface area contributed by atoms with Gasteiger partial charge in [-0.05, 0) is 37.1 Å². The summed E-state index contributed by atoms with van der Waals surface area (Å²) >= 11 is 0. The summed E-state index contributed by atoms with van der Waals surface area (Å²) in [5.41, 5.74) is 7.36. The van der Waals surface area contributed by atoms with Crippen LogP contribution in [0.5, 0.6) is 0 Å². The molecule has 1 aliphatic carbocycles. The van der Waals surface area contributed by atoms with Gasteiger partial charge in [0.15, 0.2) is 0 Å². The maximum Gasteiger partial charge on any atom is 0.123 e. The molecule has 0 bridgehead atoms. The molecule has 1 saturated carbocycles. The molecule has 2 rings (SSSR count). The molecular formula is C15H23FN2. The molecule has 2 N–H and O–H groups in total. The fourth-order valence-electron chi connectivity index (χ4n) is 3.11. The van der Waals surface area contributed by atoms with Gasteiger partial charge in [-0.15, -0.1) is 0 Å². The van der Waals surface area contributed by atoms with E-state index in [4.69, 9.17) is 5.73 Å². The lowest BCUT2D eigenvalue weighted by Crippen LogP contribution is -2.51. The minimum Gasteiger partial charge on any atom is -0.329 e. The van der Waals surface area contributed by atoms with Gasteiger partial charge < -0.3 is 5.73 Å². The van der Waals surface area contributed by atoms with Crippen molar-refractivity contribution in [2.75, 3.05) is 13.1 Å². The van der Waals surface area contributed by atoms with Crippen LogP contribution < -0.4 is 5.73 Å². The maximum atomic E-state index is 12.9. The molecule has 0 aliphatic heterocycles. The molecule has 100 valence electrons. The van der Waals surface area contributed by atoms with Crippen LogP contribution in [-0.4, -0.2) is 23.5 Å². The SMILES string of the molecule is CCN(Cc1ccc(F)cc1)C1(CN)CCCC1. The number of benzene rings is 1. The van der Waals surface area contributed by atoms with Crippen molar-refractivity contribution in [1.29, 1.82) is 0 Å². The molecule has 1 aliphatic rings. The Kier molecular flexibility index (Phi) is 4.36.